The highest BCUT2D eigenvalue weighted by molar-refractivity contribution is 6.30. The summed E-state index contributed by atoms with van der Waals surface area (Å²) in [5.41, 5.74) is 2.21. The monoisotopic (exact) mass is 377 g/mol. The normalized spacial score (nSPS) is 13.6. The molecule has 0 radical (unpaired) electrons. The number of carbonyl (C=O) groups is 2. The van der Waals surface area contributed by atoms with Crippen molar-refractivity contribution < 1.29 is 23.8 Å². The number of carboxylic acids is 1. The Balaban J connectivity index is 1.72. The van der Waals surface area contributed by atoms with Crippen LogP contribution in [-0.2, 0) is 22.4 Å². The zero-order chi connectivity index (χ0) is 18.7. The Morgan fingerprint density at radius 3 is 2.81 bits per heavy atom. The Hall–Kier alpha value is -2.60. The lowest BCUT2D eigenvalue weighted by Crippen LogP contribution is -2.31. The van der Waals surface area contributed by atoms with Crippen molar-refractivity contribution in [1.82, 2.24) is 5.32 Å². The molecule has 1 amide bonds. The van der Waals surface area contributed by atoms with Gasteiger partial charge >= 0.3 is 5.97 Å². The fourth-order valence-corrected chi connectivity index (χ4v) is 3.05. The minimum Gasteiger partial charge on any atom is -0.493 e. The molecule has 0 saturated heterocycles. The highest BCUT2D eigenvalue weighted by atomic mass is 35.5. The van der Waals surface area contributed by atoms with Gasteiger partial charge in [-0.25, -0.2) is 4.39 Å². The Morgan fingerprint density at radius 1 is 1.27 bits per heavy atom. The van der Waals surface area contributed by atoms with E-state index in [9.17, 15) is 14.0 Å². The number of halogens is 2. The molecule has 1 atom stereocenters. The van der Waals surface area contributed by atoms with Gasteiger partial charge in [0.25, 0.3) is 0 Å². The van der Waals surface area contributed by atoms with Gasteiger partial charge in [-0.1, -0.05) is 29.8 Å². The first-order valence-corrected chi connectivity index (χ1v) is 8.51. The molecule has 2 N–H and O–H groups in total. The molecule has 26 heavy (non-hydrogen) atoms. The molecule has 1 aliphatic rings. The van der Waals surface area contributed by atoms with Crippen LogP contribution in [0.5, 0.6) is 5.75 Å². The van der Waals surface area contributed by atoms with Crippen LogP contribution in [0.1, 0.15) is 29.2 Å². The third-order valence-corrected chi connectivity index (χ3v) is 4.49. The number of hydrogen-bond acceptors (Lipinski definition) is 3. The topological polar surface area (TPSA) is 75.6 Å². The average Bonchev–Trinajstić information content (AvgIpc) is 3.04. The molecular formula is C19H17ClFNO4. The smallest absolute Gasteiger partial charge is 0.305 e. The van der Waals surface area contributed by atoms with Crippen LogP contribution in [0.25, 0.3) is 0 Å². The number of rotatable bonds is 6. The minimum atomic E-state index is -1.10. The number of fused-ring (bicyclic) bond motifs is 1. The van der Waals surface area contributed by atoms with Crippen molar-refractivity contribution >= 4 is 23.5 Å². The average molecular weight is 378 g/mol. The molecule has 2 aromatic carbocycles. The quantitative estimate of drug-likeness (QED) is 0.810. The van der Waals surface area contributed by atoms with Crippen molar-refractivity contribution in [2.24, 2.45) is 0 Å². The molecular weight excluding hydrogens is 361 g/mol. The number of benzene rings is 2. The zero-order valence-corrected chi connectivity index (χ0v) is 14.6. The molecule has 1 aliphatic heterocycles. The van der Waals surface area contributed by atoms with E-state index < -0.39 is 17.8 Å². The molecule has 0 aromatic heterocycles. The molecule has 2 aromatic rings. The second-order valence-corrected chi connectivity index (χ2v) is 6.52. The SMILES string of the molecule is O=C(O)CC(NC(=O)Cc1ccc2c(c1)CCO2)c1ccc(Cl)c(F)c1. The fourth-order valence-electron chi connectivity index (χ4n) is 2.94. The number of amides is 1. The maximum absolute atomic E-state index is 13.7. The van der Waals surface area contributed by atoms with Gasteiger partial charge in [0.05, 0.1) is 30.5 Å². The second-order valence-electron chi connectivity index (χ2n) is 6.11. The van der Waals surface area contributed by atoms with E-state index in [1.807, 2.05) is 12.1 Å². The first kappa shape index (κ1) is 18.2. The van der Waals surface area contributed by atoms with Crippen molar-refractivity contribution in [2.75, 3.05) is 6.61 Å². The predicted molar refractivity (Wildman–Crippen MR) is 93.9 cm³/mol. The van der Waals surface area contributed by atoms with Crippen LogP contribution < -0.4 is 10.1 Å². The number of carboxylic acid groups (broad SMARTS) is 1. The van der Waals surface area contributed by atoms with E-state index in [2.05, 4.69) is 5.32 Å². The summed E-state index contributed by atoms with van der Waals surface area (Å²) in [4.78, 5) is 23.5. The van der Waals surface area contributed by atoms with E-state index in [4.69, 9.17) is 21.4 Å². The summed E-state index contributed by atoms with van der Waals surface area (Å²) in [6, 6.07) is 8.69. The Bertz CT molecular complexity index is 855. The van der Waals surface area contributed by atoms with E-state index in [0.717, 1.165) is 29.4 Å². The van der Waals surface area contributed by atoms with Crippen LogP contribution in [0.4, 0.5) is 4.39 Å². The summed E-state index contributed by atoms with van der Waals surface area (Å²) < 4.78 is 19.1. The number of nitrogens with one attached hydrogen (secondary N) is 1. The summed E-state index contributed by atoms with van der Waals surface area (Å²) in [6.07, 6.45) is 0.542. The van der Waals surface area contributed by atoms with Crippen LogP contribution in [0, 0.1) is 5.82 Å². The lowest BCUT2D eigenvalue weighted by Gasteiger charge is -2.18. The van der Waals surface area contributed by atoms with Crippen LogP contribution in [-0.4, -0.2) is 23.6 Å². The lowest BCUT2D eigenvalue weighted by molar-refractivity contribution is -0.137. The third-order valence-electron chi connectivity index (χ3n) is 4.18. The summed E-state index contributed by atoms with van der Waals surface area (Å²) in [6.45, 7) is 0.633. The van der Waals surface area contributed by atoms with Gasteiger partial charge in [0.15, 0.2) is 0 Å². The van der Waals surface area contributed by atoms with Crippen LogP contribution in [0.3, 0.4) is 0 Å². The molecule has 1 heterocycles. The van der Waals surface area contributed by atoms with E-state index in [1.54, 1.807) is 6.07 Å². The van der Waals surface area contributed by atoms with Crippen molar-refractivity contribution in [1.29, 1.82) is 0 Å². The van der Waals surface area contributed by atoms with E-state index in [0.29, 0.717) is 12.2 Å². The fraction of sp³-hybridized carbons (Fsp3) is 0.263. The van der Waals surface area contributed by atoms with E-state index in [-0.39, 0.29) is 23.8 Å². The van der Waals surface area contributed by atoms with Crippen molar-refractivity contribution in [3.8, 4) is 5.75 Å². The second kappa shape index (κ2) is 7.74. The Labute approximate surface area is 154 Å². The van der Waals surface area contributed by atoms with E-state index >= 15 is 0 Å². The van der Waals surface area contributed by atoms with Crippen molar-refractivity contribution in [2.45, 2.75) is 25.3 Å². The third kappa shape index (κ3) is 4.32. The zero-order valence-electron chi connectivity index (χ0n) is 13.8. The van der Waals surface area contributed by atoms with Gasteiger partial charge < -0.3 is 15.2 Å². The lowest BCUT2D eigenvalue weighted by atomic mass is 10.0. The number of carbonyl (C=O) groups excluding carboxylic acids is 1. The standard InChI is InChI=1S/C19H17ClFNO4/c20-14-3-2-12(9-15(14)21)16(10-19(24)25)22-18(23)8-11-1-4-17-13(7-11)5-6-26-17/h1-4,7,9,16H,5-6,8,10H2,(H,22,23)(H,24,25). The molecule has 0 saturated carbocycles. The van der Waals surface area contributed by atoms with Crippen LogP contribution >= 0.6 is 11.6 Å². The maximum atomic E-state index is 13.7. The summed E-state index contributed by atoms with van der Waals surface area (Å²) in [5, 5.41) is 11.7. The summed E-state index contributed by atoms with van der Waals surface area (Å²) in [5.74, 6) is -1.27. The molecule has 7 heteroatoms. The van der Waals surface area contributed by atoms with Crippen LogP contribution in [0.2, 0.25) is 5.02 Å². The molecule has 136 valence electrons. The minimum absolute atomic E-state index is 0.0606. The van der Waals surface area contributed by atoms with Gasteiger partial charge in [0.1, 0.15) is 11.6 Å². The predicted octanol–water partition coefficient (Wildman–Crippen LogP) is 3.29. The first-order chi connectivity index (χ1) is 12.4. The molecule has 3 rings (SSSR count). The highest BCUT2D eigenvalue weighted by Gasteiger charge is 2.20. The number of aliphatic carboxylic acids is 1. The Kier molecular flexibility index (Phi) is 5.42. The van der Waals surface area contributed by atoms with Gasteiger partial charge in [-0.3, -0.25) is 9.59 Å². The molecule has 5 nitrogen and oxygen atoms in total. The number of hydrogen-bond donors (Lipinski definition) is 2. The maximum Gasteiger partial charge on any atom is 0.305 e. The number of ether oxygens (including phenoxy) is 1. The van der Waals surface area contributed by atoms with Gasteiger partial charge in [-0.2, -0.15) is 0 Å². The van der Waals surface area contributed by atoms with Crippen LogP contribution in [0.15, 0.2) is 36.4 Å². The van der Waals surface area contributed by atoms with Crippen molar-refractivity contribution in [3.05, 3.63) is 63.9 Å². The van der Waals surface area contributed by atoms with Gasteiger partial charge in [0, 0.05) is 6.42 Å². The molecule has 1 unspecified atom stereocenters. The molecule has 0 bridgehead atoms. The molecule has 0 spiro atoms. The highest BCUT2D eigenvalue weighted by Crippen LogP contribution is 2.26. The first-order valence-electron chi connectivity index (χ1n) is 8.13. The van der Waals surface area contributed by atoms with Gasteiger partial charge in [0.2, 0.25) is 5.91 Å². The van der Waals surface area contributed by atoms with Gasteiger partial charge in [-0.05, 0) is 34.9 Å². The van der Waals surface area contributed by atoms with E-state index in [1.165, 1.54) is 12.1 Å². The summed E-state index contributed by atoms with van der Waals surface area (Å²) in [7, 11) is 0. The molecule has 0 fully saturated rings. The molecule has 0 aliphatic carbocycles. The Morgan fingerprint density at radius 2 is 2.08 bits per heavy atom. The van der Waals surface area contributed by atoms with Crippen molar-refractivity contribution in [3.63, 3.8) is 0 Å². The largest absolute Gasteiger partial charge is 0.493 e. The van der Waals surface area contributed by atoms with Gasteiger partial charge in [-0.15, -0.1) is 0 Å². The summed E-state index contributed by atoms with van der Waals surface area (Å²) >= 11 is 5.66.